The fourth-order valence-electron chi connectivity index (χ4n) is 2.15. The van der Waals surface area contributed by atoms with Crippen LogP contribution in [-0.2, 0) is 0 Å². The molecule has 0 radical (unpaired) electrons. The van der Waals surface area contributed by atoms with Gasteiger partial charge < -0.3 is 10.2 Å². The van der Waals surface area contributed by atoms with Gasteiger partial charge in [-0.25, -0.2) is 0 Å². The molecular formula is C16H12ClNO2. The van der Waals surface area contributed by atoms with Gasteiger partial charge in [0.1, 0.15) is 5.58 Å². The average Bonchev–Trinajstić information content (AvgIpc) is 2.86. The van der Waals surface area contributed by atoms with Crippen LogP contribution in [0, 0.1) is 6.92 Å². The van der Waals surface area contributed by atoms with Crippen molar-refractivity contribution >= 4 is 34.0 Å². The molecule has 0 saturated carbocycles. The average molecular weight is 286 g/mol. The van der Waals surface area contributed by atoms with E-state index in [1.165, 1.54) is 0 Å². The molecule has 0 unspecified atom stereocenters. The van der Waals surface area contributed by atoms with Gasteiger partial charge >= 0.3 is 0 Å². The van der Waals surface area contributed by atoms with E-state index in [0.717, 1.165) is 16.5 Å². The van der Waals surface area contributed by atoms with Gasteiger partial charge in [0.25, 0.3) is 0 Å². The standard InChI is InChI=1S/C16H12ClNO2/c1-9-3-2-4-11-8-14(20-16(9)11)15(19)10-5-6-12(17)13(18)7-10/h2-8H,18H2,1H3. The van der Waals surface area contributed by atoms with Crippen LogP contribution in [0.4, 0.5) is 5.69 Å². The molecule has 0 fully saturated rings. The molecule has 0 amide bonds. The van der Waals surface area contributed by atoms with Crippen LogP contribution in [0.15, 0.2) is 46.9 Å². The van der Waals surface area contributed by atoms with Crippen molar-refractivity contribution < 1.29 is 9.21 Å². The molecule has 0 saturated heterocycles. The minimum absolute atomic E-state index is 0.205. The first-order valence-electron chi connectivity index (χ1n) is 6.15. The summed E-state index contributed by atoms with van der Waals surface area (Å²) >= 11 is 5.86. The van der Waals surface area contributed by atoms with Crippen molar-refractivity contribution in [2.45, 2.75) is 6.92 Å². The van der Waals surface area contributed by atoms with Crippen LogP contribution >= 0.6 is 11.6 Å². The molecule has 1 aromatic heterocycles. The van der Waals surface area contributed by atoms with Crippen molar-refractivity contribution in [2.24, 2.45) is 0 Å². The second kappa shape index (κ2) is 4.69. The van der Waals surface area contributed by atoms with Crippen molar-refractivity contribution in [3.05, 3.63) is 64.4 Å². The normalized spacial score (nSPS) is 10.9. The first-order valence-corrected chi connectivity index (χ1v) is 6.53. The van der Waals surface area contributed by atoms with Crippen LogP contribution in [0.3, 0.4) is 0 Å². The number of carbonyl (C=O) groups excluding carboxylic acids is 1. The second-order valence-electron chi connectivity index (χ2n) is 4.67. The monoisotopic (exact) mass is 285 g/mol. The molecule has 0 aliphatic heterocycles. The lowest BCUT2D eigenvalue weighted by atomic mass is 10.1. The van der Waals surface area contributed by atoms with Gasteiger partial charge in [-0.2, -0.15) is 0 Å². The molecule has 0 spiro atoms. The minimum Gasteiger partial charge on any atom is -0.452 e. The van der Waals surface area contributed by atoms with Gasteiger partial charge in [-0.3, -0.25) is 4.79 Å². The van der Waals surface area contributed by atoms with Crippen molar-refractivity contribution in [2.75, 3.05) is 5.73 Å². The third-order valence-corrected chi connectivity index (χ3v) is 3.57. The van der Waals surface area contributed by atoms with Crippen molar-refractivity contribution in [1.82, 2.24) is 0 Å². The number of nitrogen functional groups attached to an aromatic ring is 1. The number of furan rings is 1. The van der Waals surface area contributed by atoms with Crippen molar-refractivity contribution in [1.29, 1.82) is 0 Å². The van der Waals surface area contributed by atoms with E-state index in [-0.39, 0.29) is 5.78 Å². The fourth-order valence-corrected chi connectivity index (χ4v) is 2.27. The highest BCUT2D eigenvalue weighted by atomic mass is 35.5. The summed E-state index contributed by atoms with van der Waals surface area (Å²) < 4.78 is 5.66. The lowest BCUT2D eigenvalue weighted by Gasteiger charge is -2.01. The molecule has 100 valence electrons. The first-order chi connectivity index (χ1) is 9.56. The van der Waals surface area contributed by atoms with E-state index in [1.807, 2.05) is 25.1 Å². The minimum atomic E-state index is -0.205. The summed E-state index contributed by atoms with van der Waals surface area (Å²) in [6.45, 7) is 1.94. The van der Waals surface area contributed by atoms with E-state index in [1.54, 1.807) is 24.3 Å². The van der Waals surface area contributed by atoms with Crippen LogP contribution in [0.5, 0.6) is 0 Å². The Morgan fingerprint density at radius 2 is 2.00 bits per heavy atom. The predicted octanol–water partition coefficient (Wildman–Crippen LogP) is 4.21. The molecule has 0 aliphatic carbocycles. The smallest absolute Gasteiger partial charge is 0.228 e. The summed E-state index contributed by atoms with van der Waals surface area (Å²) in [5.41, 5.74) is 8.29. The number of hydrogen-bond acceptors (Lipinski definition) is 3. The maximum absolute atomic E-state index is 12.4. The lowest BCUT2D eigenvalue weighted by molar-refractivity contribution is 0.101. The van der Waals surface area contributed by atoms with Gasteiger partial charge in [-0.05, 0) is 36.8 Å². The number of hydrogen-bond donors (Lipinski definition) is 1. The van der Waals surface area contributed by atoms with Crippen molar-refractivity contribution in [3.63, 3.8) is 0 Å². The number of halogens is 1. The highest BCUT2D eigenvalue weighted by molar-refractivity contribution is 6.33. The Kier molecular flexibility index (Phi) is 2.99. The van der Waals surface area contributed by atoms with E-state index < -0.39 is 0 Å². The Morgan fingerprint density at radius 3 is 2.70 bits per heavy atom. The molecule has 4 heteroatoms. The Morgan fingerprint density at radius 1 is 1.20 bits per heavy atom. The van der Waals surface area contributed by atoms with Gasteiger partial charge in [0.2, 0.25) is 5.78 Å². The van der Waals surface area contributed by atoms with Crippen LogP contribution in [0.1, 0.15) is 21.7 Å². The van der Waals surface area contributed by atoms with Gasteiger partial charge in [0, 0.05) is 10.9 Å². The topological polar surface area (TPSA) is 56.2 Å². The summed E-state index contributed by atoms with van der Waals surface area (Å²) in [5.74, 6) is 0.0972. The summed E-state index contributed by atoms with van der Waals surface area (Å²) in [7, 11) is 0. The van der Waals surface area contributed by atoms with E-state index in [0.29, 0.717) is 22.0 Å². The molecular weight excluding hydrogens is 274 g/mol. The molecule has 0 atom stereocenters. The SMILES string of the molecule is Cc1cccc2cc(C(=O)c3ccc(Cl)c(N)c3)oc12. The van der Waals surface area contributed by atoms with Crippen molar-refractivity contribution in [3.8, 4) is 0 Å². The quantitative estimate of drug-likeness (QED) is 0.567. The Balaban J connectivity index is 2.08. The number of ketones is 1. The number of benzene rings is 2. The summed E-state index contributed by atoms with van der Waals surface area (Å²) in [5, 5.41) is 1.34. The van der Waals surface area contributed by atoms with Crippen LogP contribution < -0.4 is 5.73 Å². The van der Waals surface area contributed by atoms with Crippen LogP contribution in [0.2, 0.25) is 5.02 Å². The molecule has 2 aromatic carbocycles. The van der Waals surface area contributed by atoms with Gasteiger partial charge in [0.05, 0.1) is 10.7 Å². The molecule has 3 nitrogen and oxygen atoms in total. The number of nitrogens with two attached hydrogens (primary N) is 1. The second-order valence-corrected chi connectivity index (χ2v) is 5.08. The number of rotatable bonds is 2. The Labute approximate surface area is 120 Å². The largest absolute Gasteiger partial charge is 0.452 e. The summed E-state index contributed by atoms with van der Waals surface area (Å²) in [6.07, 6.45) is 0. The maximum atomic E-state index is 12.4. The van der Waals surface area contributed by atoms with Crippen LogP contribution in [0.25, 0.3) is 11.0 Å². The molecule has 1 heterocycles. The Hall–Kier alpha value is -2.26. The maximum Gasteiger partial charge on any atom is 0.228 e. The summed E-state index contributed by atoms with van der Waals surface area (Å²) in [6, 6.07) is 12.3. The van der Waals surface area contributed by atoms with E-state index in [2.05, 4.69) is 0 Å². The lowest BCUT2D eigenvalue weighted by Crippen LogP contribution is -2.00. The predicted molar refractivity (Wildman–Crippen MR) is 80.2 cm³/mol. The third kappa shape index (κ3) is 2.06. The highest BCUT2D eigenvalue weighted by Crippen LogP contribution is 2.26. The van der Waals surface area contributed by atoms with E-state index in [9.17, 15) is 4.79 Å². The van der Waals surface area contributed by atoms with E-state index >= 15 is 0 Å². The zero-order chi connectivity index (χ0) is 14.3. The fraction of sp³-hybridized carbons (Fsp3) is 0.0625. The molecule has 3 aromatic rings. The Bertz CT molecular complexity index is 820. The highest BCUT2D eigenvalue weighted by Gasteiger charge is 2.16. The summed E-state index contributed by atoms with van der Waals surface area (Å²) in [4.78, 5) is 12.4. The van der Waals surface area contributed by atoms with Gasteiger partial charge in [0.15, 0.2) is 5.76 Å². The number of para-hydroxylation sites is 1. The van der Waals surface area contributed by atoms with Crippen LogP contribution in [-0.4, -0.2) is 5.78 Å². The number of anilines is 1. The number of aryl methyl sites for hydroxylation is 1. The molecule has 0 aliphatic rings. The van der Waals surface area contributed by atoms with Gasteiger partial charge in [-0.1, -0.05) is 29.8 Å². The number of carbonyl (C=O) groups is 1. The zero-order valence-electron chi connectivity index (χ0n) is 10.8. The zero-order valence-corrected chi connectivity index (χ0v) is 11.6. The van der Waals surface area contributed by atoms with Gasteiger partial charge in [-0.15, -0.1) is 0 Å². The first kappa shape index (κ1) is 12.8. The third-order valence-electron chi connectivity index (χ3n) is 3.22. The van der Waals surface area contributed by atoms with E-state index in [4.69, 9.17) is 21.8 Å². The molecule has 20 heavy (non-hydrogen) atoms. The molecule has 2 N–H and O–H groups in total. The molecule has 3 rings (SSSR count). The number of fused-ring (bicyclic) bond motifs is 1. The molecule has 0 bridgehead atoms.